The molecule has 0 aromatic heterocycles. The van der Waals surface area contributed by atoms with E-state index in [2.05, 4.69) is 34.1 Å². The van der Waals surface area contributed by atoms with Crippen LogP contribution in [-0.2, 0) is 20.9 Å². The Labute approximate surface area is 196 Å². The van der Waals surface area contributed by atoms with E-state index >= 15 is 0 Å². The molecule has 0 radical (unpaired) electrons. The normalized spacial score (nSPS) is 17.4. The van der Waals surface area contributed by atoms with Gasteiger partial charge in [0.2, 0.25) is 0 Å². The van der Waals surface area contributed by atoms with Crippen LogP contribution in [0.2, 0.25) is 0 Å². The first-order valence-corrected chi connectivity index (χ1v) is 11.8. The van der Waals surface area contributed by atoms with E-state index in [-0.39, 0.29) is 11.8 Å². The third-order valence-electron chi connectivity index (χ3n) is 6.30. The second-order valence-electron chi connectivity index (χ2n) is 8.65. The first kappa shape index (κ1) is 23.2. The van der Waals surface area contributed by atoms with Crippen molar-refractivity contribution in [2.75, 3.05) is 45.9 Å². The average molecular weight is 448 g/mol. The van der Waals surface area contributed by atoms with Crippen molar-refractivity contribution in [1.29, 1.82) is 0 Å². The molecule has 4 rings (SSSR count). The summed E-state index contributed by atoms with van der Waals surface area (Å²) in [5, 5.41) is 0. The molecular formula is C27H33N3O3. The van der Waals surface area contributed by atoms with Crippen molar-refractivity contribution in [2.24, 2.45) is 0 Å². The third-order valence-corrected chi connectivity index (χ3v) is 6.30. The highest BCUT2D eigenvalue weighted by atomic mass is 16.5. The molecular weight excluding hydrogens is 414 g/mol. The number of piperazine rings is 1. The maximum absolute atomic E-state index is 13.5. The minimum atomic E-state index is -0.193. The van der Waals surface area contributed by atoms with Crippen LogP contribution >= 0.6 is 0 Å². The van der Waals surface area contributed by atoms with Crippen molar-refractivity contribution in [3.63, 3.8) is 0 Å². The molecule has 174 valence electrons. The summed E-state index contributed by atoms with van der Waals surface area (Å²) < 4.78 is 5.41. The number of hydrogen-bond acceptors (Lipinski definition) is 5. The van der Waals surface area contributed by atoms with Crippen LogP contribution in [0.25, 0.3) is 5.57 Å². The lowest BCUT2D eigenvalue weighted by Gasteiger charge is -2.36. The second kappa shape index (κ2) is 10.8. The lowest BCUT2D eigenvalue weighted by atomic mass is 10.0. The number of hydrogen-bond donors (Lipinski definition) is 0. The first-order valence-electron chi connectivity index (χ1n) is 11.8. The molecule has 2 aliphatic rings. The first-order chi connectivity index (χ1) is 16.1. The summed E-state index contributed by atoms with van der Waals surface area (Å²) in [6, 6.07) is 18.3. The molecule has 0 aliphatic carbocycles. The summed E-state index contributed by atoms with van der Waals surface area (Å²) in [5.74, 6) is -0.370. The molecule has 2 heterocycles. The van der Waals surface area contributed by atoms with Gasteiger partial charge in [-0.15, -0.1) is 0 Å². The van der Waals surface area contributed by atoms with E-state index in [9.17, 15) is 9.59 Å². The quantitative estimate of drug-likeness (QED) is 0.436. The molecule has 2 aromatic rings. The van der Waals surface area contributed by atoms with Crippen LogP contribution in [0.4, 0.5) is 0 Å². The van der Waals surface area contributed by atoms with Gasteiger partial charge >= 0.3 is 0 Å². The topological polar surface area (TPSA) is 53.1 Å². The van der Waals surface area contributed by atoms with E-state index in [4.69, 9.17) is 4.74 Å². The number of imide groups is 1. The third kappa shape index (κ3) is 5.34. The largest absolute Gasteiger partial charge is 0.382 e. The van der Waals surface area contributed by atoms with Crippen molar-refractivity contribution in [1.82, 2.24) is 14.7 Å². The molecule has 2 amide bonds. The standard InChI is InChI=1S/C27H33N3O3/c1-3-33-19-7-14-30-26(31)24(23-12-10-21(2)11-13-23)25(27(30)32)29-17-15-28(16-18-29)20-22-8-5-4-6-9-22/h4-6,8-13H,3,7,14-20H2,1-2H3. The van der Waals surface area contributed by atoms with Gasteiger partial charge in [0, 0.05) is 52.5 Å². The molecule has 0 bridgehead atoms. The Kier molecular flexibility index (Phi) is 7.57. The van der Waals surface area contributed by atoms with E-state index in [0.717, 1.165) is 43.9 Å². The van der Waals surface area contributed by atoms with Crippen LogP contribution < -0.4 is 0 Å². The van der Waals surface area contributed by atoms with Crippen LogP contribution in [-0.4, -0.2) is 72.5 Å². The SMILES string of the molecule is CCOCCCN1C(=O)C(c2ccc(C)cc2)=C(N2CCN(Cc3ccccc3)CC2)C1=O. The molecule has 0 atom stereocenters. The van der Waals surface area contributed by atoms with Crippen LogP contribution in [0.3, 0.4) is 0 Å². The monoisotopic (exact) mass is 447 g/mol. The maximum Gasteiger partial charge on any atom is 0.277 e. The fraction of sp³-hybridized carbons (Fsp3) is 0.407. The minimum absolute atomic E-state index is 0.177. The van der Waals surface area contributed by atoms with Crippen LogP contribution in [0, 0.1) is 6.92 Å². The van der Waals surface area contributed by atoms with E-state index in [1.165, 1.54) is 10.5 Å². The predicted molar refractivity (Wildman–Crippen MR) is 129 cm³/mol. The highest BCUT2D eigenvalue weighted by molar-refractivity contribution is 6.35. The van der Waals surface area contributed by atoms with Gasteiger partial charge in [-0.1, -0.05) is 60.2 Å². The molecule has 0 unspecified atom stereocenters. The molecule has 6 nitrogen and oxygen atoms in total. The molecule has 0 saturated carbocycles. The highest BCUT2D eigenvalue weighted by Gasteiger charge is 2.41. The number of carbonyl (C=O) groups excluding carboxylic acids is 2. The summed E-state index contributed by atoms with van der Waals surface area (Å²) in [6.07, 6.45) is 0.643. The van der Waals surface area contributed by atoms with Gasteiger partial charge in [0.25, 0.3) is 11.8 Å². The van der Waals surface area contributed by atoms with E-state index in [0.29, 0.717) is 37.4 Å². The molecule has 6 heteroatoms. The number of amides is 2. The van der Waals surface area contributed by atoms with Crippen molar-refractivity contribution >= 4 is 17.4 Å². The number of aryl methyl sites for hydroxylation is 1. The van der Waals surface area contributed by atoms with Crippen molar-refractivity contribution in [3.8, 4) is 0 Å². The molecule has 0 N–H and O–H groups in total. The smallest absolute Gasteiger partial charge is 0.277 e. The van der Waals surface area contributed by atoms with Gasteiger partial charge in [-0.05, 0) is 31.4 Å². The van der Waals surface area contributed by atoms with Gasteiger partial charge in [0.15, 0.2) is 0 Å². The Morgan fingerprint density at radius 3 is 2.24 bits per heavy atom. The van der Waals surface area contributed by atoms with Crippen molar-refractivity contribution < 1.29 is 14.3 Å². The Hall–Kier alpha value is -2.96. The van der Waals surface area contributed by atoms with E-state index < -0.39 is 0 Å². The summed E-state index contributed by atoms with van der Waals surface area (Å²) in [4.78, 5) is 32.8. The van der Waals surface area contributed by atoms with Gasteiger partial charge in [-0.25, -0.2) is 0 Å². The average Bonchev–Trinajstić information content (AvgIpc) is 3.08. The number of ether oxygens (including phenoxy) is 1. The van der Waals surface area contributed by atoms with Crippen molar-refractivity contribution in [3.05, 3.63) is 77.0 Å². The summed E-state index contributed by atoms with van der Waals surface area (Å²) in [7, 11) is 0. The molecule has 1 fully saturated rings. The Morgan fingerprint density at radius 1 is 0.879 bits per heavy atom. The van der Waals surface area contributed by atoms with Crippen molar-refractivity contribution in [2.45, 2.75) is 26.8 Å². The lowest BCUT2D eigenvalue weighted by molar-refractivity contribution is -0.137. The number of nitrogens with zero attached hydrogens (tertiary/aromatic N) is 3. The van der Waals surface area contributed by atoms with E-state index in [1.807, 2.05) is 44.2 Å². The zero-order valence-corrected chi connectivity index (χ0v) is 19.6. The lowest BCUT2D eigenvalue weighted by Crippen LogP contribution is -2.47. The van der Waals surface area contributed by atoms with Gasteiger partial charge in [0.1, 0.15) is 5.70 Å². The number of rotatable bonds is 9. The molecule has 33 heavy (non-hydrogen) atoms. The highest BCUT2D eigenvalue weighted by Crippen LogP contribution is 2.32. The fourth-order valence-corrected chi connectivity index (χ4v) is 4.48. The van der Waals surface area contributed by atoms with Crippen LogP contribution in [0.1, 0.15) is 30.0 Å². The Morgan fingerprint density at radius 2 is 1.58 bits per heavy atom. The summed E-state index contributed by atoms with van der Waals surface area (Å²) in [6.45, 7) is 9.57. The Balaban J connectivity index is 1.52. The van der Waals surface area contributed by atoms with Gasteiger partial charge < -0.3 is 9.64 Å². The molecule has 0 spiro atoms. The number of benzene rings is 2. The zero-order valence-electron chi connectivity index (χ0n) is 19.6. The molecule has 2 aliphatic heterocycles. The maximum atomic E-state index is 13.5. The van der Waals surface area contributed by atoms with Gasteiger partial charge in [-0.3, -0.25) is 19.4 Å². The van der Waals surface area contributed by atoms with E-state index in [1.54, 1.807) is 0 Å². The van der Waals surface area contributed by atoms with Gasteiger partial charge in [0.05, 0.1) is 5.57 Å². The van der Waals surface area contributed by atoms with Crippen LogP contribution in [0.5, 0.6) is 0 Å². The number of carbonyl (C=O) groups is 2. The summed E-state index contributed by atoms with van der Waals surface area (Å²) in [5.41, 5.74) is 4.32. The fourth-order valence-electron chi connectivity index (χ4n) is 4.48. The second-order valence-corrected chi connectivity index (χ2v) is 8.65. The summed E-state index contributed by atoms with van der Waals surface area (Å²) >= 11 is 0. The van der Waals surface area contributed by atoms with Crippen LogP contribution in [0.15, 0.2) is 60.3 Å². The Bertz CT molecular complexity index is 993. The minimum Gasteiger partial charge on any atom is -0.382 e. The predicted octanol–water partition coefficient (Wildman–Crippen LogP) is 3.32. The molecule has 1 saturated heterocycles. The zero-order chi connectivity index (χ0) is 23.2. The molecule has 2 aromatic carbocycles. The van der Waals surface area contributed by atoms with Gasteiger partial charge in [-0.2, -0.15) is 0 Å².